The molecule has 1 aromatic heterocycles. The molecule has 2 aromatic carbocycles. The van der Waals surface area contributed by atoms with E-state index in [0.29, 0.717) is 38.8 Å². The summed E-state index contributed by atoms with van der Waals surface area (Å²) in [5.41, 5.74) is 5.40. The molecule has 0 saturated carbocycles. The minimum absolute atomic E-state index is 0.0377. The summed E-state index contributed by atoms with van der Waals surface area (Å²) in [5.74, 6) is 0.129. The zero-order chi connectivity index (χ0) is 22.5. The lowest BCUT2D eigenvalue weighted by atomic mass is 9.95. The number of amides is 2. The highest BCUT2D eigenvalue weighted by Gasteiger charge is 2.27. The first kappa shape index (κ1) is 21.8. The van der Waals surface area contributed by atoms with Gasteiger partial charge < -0.3 is 10.2 Å². The summed E-state index contributed by atoms with van der Waals surface area (Å²) in [6.07, 6.45) is 6.33. The van der Waals surface area contributed by atoms with Crippen LogP contribution in [0.1, 0.15) is 30.4 Å². The number of aryl methyl sites for hydroxylation is 3. The maximum Gasteiger partial charge on any atom is 0.227 e. The lowest BCUT2D eigenvalue weighted by molar-refractivity contribution is -0.134. The number of rotatable bonds is 6. The van der Waals surface area contributed by atoms with Gasteiger partial charge in [0.1, 0.15) is 0 Å². The first-order valence-electron chi connectivity index (χ1n) is 11.2. The number of nitrogens with zero attached hydrogens (tertiary/aromatic N) is 3. The van der Waals surface area contributed by atoms with Crippen molar-refractivity contribution in [2.75, 3.05) is 18.4 Å². The molecule has 4 rings (SSSR count). The van der Waals surface area contributed by atoms with Gasteiger partial charge in [-0.05, 0) is 55.0 Å². The Balaban J connectivity index is 1.25. The van der Waals surface area contributed by atoms with Crippen LogP contribution in [0.2, 0.25) is 0 Å². The van der Waals surface area contributed by atoms with Crippen molar-refractivity contribution in [3.63, 3.8) is 0 Å². The summed E-state index contributed by atoms with van der Waals surface area (Å²) in [7, 11) is 1.87. The Labute approximate surface area is 189 Å². The molecule has 2 amide bonds. The van der Waals surface area contributed by atoms with Crippen molar-refractivity contribution in [2.24, 2.45) is 13.0 Å². The van der Waals surface area contributed by atoms with Crippen molar-refractivity contribution in [1.82, 2.24) is 14.7 Å². The molecule has 6 nitrogen and oxygen atoms in total. The van der Waals surface area contributed by atoms with E-state index in [9.17, 15) is 9.59 Å². The smallest absolute Gasteiger partial charge is 0.227 e. The molecule has 2 heterocycles. The fraction of sp³-hybridized carbons (Fsp3) is 0.346. The van der Waals surface area contributed by atoms with Crippen molar-refractivity contribution in [1.29, 1.82) is 0 Å². The van der Waals surface area contributed by atoms with Crippen LogP contribution in [0.25, 0.3) is 11.1 Å². The number of carbonyl (C=O) groups is 2. The van der Waals surface area contributed by atoms with Gasteiger partial charge in [0.2, 0.25) is 11.8 Å². The topological polar surface area (TPSA) is 67.2 Å². The zero-order valence-electron chi connectivity index (χ0n) is 18.8. The second-order valence-corrected chi connectivity index (χ2v) is 8.61. The van der Waals surface area contributed by atoms with Crippen LogP contribution in [0.4, 0.5) is 5.69 Å². The number of hydrogen-bond donors (Lipinski definition) is 1. The summed E-state index contributed by atoms with van der Waals surface area (Å²) in [6.45, 7) is 3.35. The number of aromatic nitrogens is 2. The van der Waals surface area contributed by atoms with Gasteiger partial charge in [0, 0.05) is 44.4 Å². The van der Waals surface area contributed by atoms with Crippen LogP contribution in [0.15, 0.2) is 60.9 Å². The normalized spacial score (nSPS) is 14.4. The Hall–Kier alpha value is -3.41. The molecule has 1 saturated heterocycles. The summed E-state index contributed by atoms with van der Waals surface area (Å²) in [6, 6.07) is 16.3. The van der Waals surface area contributed by atoms with Gasteiger partial charge in [-0.3, -0.25) is 14.3 Å². The molecule has 6 heteroatoms. The Bertz CT molecular complexity index is 1080. The van der Waals surface area contributed by atoms with Crippen LogP contribution in [0.3, 0.4) is 0 Å². The van der Waals surface area contributed by atoms with Crippen LogP contribution in [0, 0.1) is 12.8 Å². The summed E-state index contributed by atoms with van der Waals surface area (Å²) >= 11 is 0. The van der Waals surface area contributed by atoms with Crippen LogP contribution < -0.4 is 5.32 Å². The van der Waals surface area contributed by atoms with Crippen molar-refractivity contribution in [3.05, 3.63) is 72.1 Å². The predicted octanol–water partition coefficient (Wildman–Crippen LogP) is 4.21. The molecule has 32 heavy (non-hydrogen) atoms. The number of nitrogens with one attached hydrogen (secondary N) is 1. The van der Waals surface area contributed by atoms with Crippen LogP contribution in [-0.2, 0) is 23.1 Å². The predicted molar refractivity (Wildman–Crippen MR) is 126 cm³/mol. The van der Waals surface area contributed by atoms with Crippen molar-refractivity contribution in [2.45, 2.75) is 32.6 Å². The molecule has 3 aromatic rings. The third-order valence-electron chi connectivity index (χ3n) is 6.11. The summed E-state index contributed by atoms with van der Waals surface area (Å²) < 4.78 is 1.75. The van der Waals surface area contributed by atoms with Crippen LogP contribution in [0.5, 0.6) is 0 Å². The van der Waals surface area contributed by atoms with E-state index in [1.54, 1.807) is 10.9 Å². The van der Waals surface area contributed by atoms with Crippen molar-refractivity contribution in [3.8, 4) is 11.1 Å². The summed E-state index contributed by atoms with van der Waals surface area (Å²) in [4.78, 5) is 27.1. The first-order valence-corrected chi connectivity index (χ1v) is 11.2. The molecular formula is C26H30N4O2. The number of benzene rings is 2. The van der Waals surface area contributed by atoms with Gasteiger partial charge in [0.05, 0.1) is 6.20 Å². The van der Waals surface area contributed by atoms with Crippen molar-refractivity contribution >= 4 is 17.5 Å². The molecule has 1 aliphatic heterocycles. The second-order valence-electron chi connectivity index (χ2n) is 8.61. The molecule has 1 fully saturated rings. The number of carbonyl (C=O) groups excluding carboxylic acids is 2. The molecule has 1 aliphatic rings. The molecule has 0 atom stereocenters. The summed E-state index contributed by atoms with van der Waals surface area (Å²) in [5, 5.41) is 7.18. The number of likely N-dealkylation sites (tertiary alicyclic amines) is 1. The molecular weight excluding hydrogens is 400 g/mol. The maximum absolute atomic E-state index is 12.7. The lowest BCUT2D eigenvalue weighted by Crippen LogP contribution is -2.41. The standard InChI is InChI=1S/C26H30N4O2/c1-19-4-3-5-23(16-19)21-7-9-24(10-8-21)28-26(32)22-12-14-30(15-13-22)25(31)11-6-20-17-27-29(2)18-20/h3-5,7-10,16-18,22H,6,11-15H2,1-2H3,(H,28,32). The highest BCUT2D eigenvalue weighted by Crippen LogP contribution is 2.24. The Morgan fingerprint density at radius 1 is 1.06 bits per heavy atom. The van der Waals surface area contributed by atoms with Gasteiger partial charge in [-0.1, -0.05) is 42.0 Å². The SMILES string of the molecule is Cc1cccc(-c2ccc(NC(=O)C3CCN(C(=O)CCc4cnn(C)c4)CC3)cc2)c1. The monoisotopic (exact) mass is 430 g/mol. The largest absolute Gasteiger partial charge is 0.343 e. The average Bonchev–Trinajstić information content (AvgIpc) is 3.23. The molecule has 0 spiro atoms. The Morgan fingerprint density at radius 2 is 1.81 bits per heavy atom. The minimum atomic E-state index is -0.0613. The molecule has 0 radical (unpaired) electrons. The fourth-order valence-corrected chi connectivity index (χ4v) is 4.22. The molecule has 0 unspecified atom stereocenters. The van der Waals surface area contributed by atoms with Gasteiger partial charge >= 0.3 is 0 Å². The maximum atomic E-state index is 12.7. The Morgan fingerprint density at radius 3 is 2.47 bits per heavy atom. The van der Waals surface area contributed by atoms with Crippen LogP contribution in [-0.4, -0.2) is 39.6 Å². The number of hydrogen-bond acceptors (Lipinski definition) is 3. The number of piperidine rings is 1. The van der Waals surface area contributed by atoms with Gasteiger partial charge in [-0.2, -0.15) is 5.10 Å². The highest BCUT2D eigenvalue weighted by atomic mass is 16.2. The fourth-order valence-electron chi connectivity index (χ4n) is 4.22. The Kier molecular flexibility index (Phi) is 6.69. The quantitative estimate of drug-likeness (QED) is 0.637. The van der Waals surface area contributed by atoms with E-state index >= 15 is 0 Å². The van der Waals surface area contributed by atoms with E-state index in [1.807, 2.05) is 42.4 Å². The van der Waals surface area contributed by atoms with E-state index in [4.69, 9.17) is 0 Å². The van der Waals surface area contributed by atoms with E-state index in [2.05, 4.69) is 41.6 Å². The molecule has 1 N–H and O–H groups in total. The molecule has 166 valence electrons. The minimum Gasteiger partial charge on any atom is -0.343 e. The first-order chi connectivity index (χ1) is 15.5. The highest BCUT2D eigenvalue weighted by molar-refractivity contribution is 5.93. The molecule has 0 aliphatic carbocycles. The third kappa shape index (κ3) is 5.44. The van der Waals surface area contributed by atoms with Crippen LogP contribution >= 0.6 is 0 Å². The third-order valence-corrected chi connectivity index (χ3v) is 6.11. The van der Waals surface area contributed by atoms with Gasteiger partial charge in [-0.15, -0.1) is 0 Å². The lowest BCUT2D eigenvalue weighted by Gasteiger charge is -2.31. The number of anilines is 1. The van der Waals surface area contributed by atoms with Gasteiger partial charge in [0.15, 0.2) is 0 Å². The molecule has 0 bridgehead atoms. The van der Waals surface area contributed by atoms with Crippen molar-refractivity contribution < 1.29 is 9.59 Å². The van der Waals surface area contributed by atoms with E-state index in [0.717, 1.165) is 16.8 Å². The zero-order valence-corrected chi connectivity index (χ0v) is 18.8. The van der Waals surface area contributed by atoms with E-state index in [1.165, 1.54) is 11.1 Å². The van der Waals surface area contributed by atoms with E-state index < -0.39 is 0 Å². The average molecular weight is 431 g/mol. The van der Waals surface area contributed by atoms with Gasteiger partial charge in [-0.25, -0.2) is 0 Å². The van der Waals surface area contributed by atoms with E-state index in [-0.39, 0.29) is 17.7 Å². The second kappa shape index (κ2) is 9.81. The van der Waals surface area contributed by atoms with Gasteiger partial charge in [0.25, 0.3) is 0 Å².